The predicted octanol–water partition coefficient (Wildman–Crippen LogP) is 4.51. The standard InChI is InChI=1S/C18H19ClN2O2S2/c1-12-3-4-13(17(22)23-2)11-16(12)21-18(24)20-9-10-25-15-7-5-14(19)6-8-15/h3-8,11H,9-10H2,1-2H3,(H2,20,21,24). The lowest BCUT2D eigenvalue weighted by molar-refractivity contribution is 0.0601. The van der Waals surface area contributed by atoms with Gasteiger partial charge < -0.3 is 15.4 Å². The van der Waals surface area contributed by atoms with Gasteiger partial charge in [0.1, 0.15) is 0 Å². The zero-order chi connectivity index (χ0) is 18.2. The second kappa shape index (κ2) is 9.65. The summed E-state index contributed by atoms with van der Waals surface area (Å²) in [6, 6.07) is 13.1. The lowest BCUT2D eigenvalue weighted by Gasteiger charge is -2.13. The van der Waals surface area contributed by atoms with Crippen LogP contribution in [0.5, 0.6) is 0 Å². The van der Waals surface area contributed by atoms with Gasteiger partial charge in [0.15, 0.2) is 5.11 Å². The summed E-state index contributed by atoms with van der Waals surface area (Å²) in [5.74, 6) is 0.492. The largest absolute Gasteiger partial charge is 0.465 e. The molecule has 0 heterocycles. The Kier molecular flexibility index (Phi) is 7.55. The number of aryl methyl sites for hydroxylation is 1. The Hall–Kier alpha value is -1.76. The van der Waals surface area contributed by atoms with Crippen molar-refractivity contribution in [3.63, 3.8) is 0 Å². The zero-order valence-electron chi connectivity index (χ0n) is 14.0. The van der Waals surface area contributed by atoms with Crippen LogP contribution >= 0.6 is 35.6 Å². The summed E-state index contributed by atoms with van der Waals surface area (Å²) < 4.78 is 4.74. The fourth-order valence-electron chi connectivity index (χ4n) is 2.03. The molecule has 0 spiro atoms. The third-order valence-electron chi connectivity index (χ3n) is 3.38. The maximum absolute atomic E-state index is 11.6. The lowest BCUT2D eigenvalue weighted by atomic mass is 10.1. The maximum atomic E-state index is 11.6. The second-order valence-electron chi connectivity index (χ2n) is 5.20. The van der Waals surface area contributed by atoms with E-state index in [1.165, 1.54) is 7.11 Å². The van der Waals surface area contributed by atoms with Crippen LogP contribution in [0.4, 0.5) is 5.69 Å². The van der Waals surface area contributed by atoms with Crippen molar-refractivity contribution >= 4 is 52.3 Å². The Balaban J connectivity index is 1.81. The highest BCUT2D eigenvalue weighted by molar-refractivity contribution is 7.99. The van der Waals surface area contributed by atoms with Crippen molar-refractivity contribution in [1.29, 1.82) is 0 Å². The first-order valence-corrected chi connectivity index (χ1v) is 9.39. The van der Waals surface area contributed by atoms with E-state index in [0.717, 1.165) is 33.5 Å². The van der Waals surface area contributed by atoms with E-state index in [-0.39, 0.29) is 5.97 Å². The predicted molar refractivity (Wildman–Crippen MR) is 109 cm³/mol. The Labute approximate surface area is 162 Å². The van der Waals surface area contributed by atoms with E-state index in [4.69, 9.17) is 28.6 Å². The van der Waals surface area contributed by atoms with Crippen LogP contribution in [0.1, 0.15) is 15.9 Å². The summed E-state index contributed by atoms with van der Waals surface area (Å²) >= 11 is 12.9. The number of rotatable bonds is 6. The van der Waals surface area contributed by atoms with Crippen molar-refractivity contribution in [2.24, 2.45) is 0 Å². The number of halogens is 1. The van der Waals surface area contributed by atoms with E-state index in [2.05, 4.69) is 10.6 Å². The average molecular weight is 395 g/mol. The molecule has 7 heteroatoms. The highest BCUT2D eigenvalue weighted by Gasteiger charge is 2.09. The highest BCUT2D eigenvalue weighted by atomic mass is 35.5. The minimum absolute atomic E-state index is 0.374. The molecule has 132 valence electrons. The van der Waals surface area contributed by atoms with E-state index in [0.29, 0.717) is 10.7 Å². The molecule has 2 aromatic carbocycles. The van der Waals surface area contributed by atoms with E-state index in [9.17, 15) is 4.79 Å². The van der Waals surface area contributed by atoms with Crippen LogP contribution in [-0.2, 0) is 4.74 Å². The van der Waals surface area contributed by atoms with E-state index in [1.807, 2.05) is 37.3 Å². The molecular formula is C18H19ClN2O2S2. The summed E-state index contributed by atoms with van der Waals surface area (Å²) in [5, 5.41) is 7.53. The number of thioether (sulfide) groups is 1. The Morgan fingerprint density at radius 1 is 1.24 bits per heavy atom. The molecule has 2 aromatic rings. The van der Waals surface area contributed by atoms with Crippen LogP contribution in [0.3, 0.4) is 0 Å². The molecule has 0 saturated heterocycles. The zero-order valence-corrected chi connectivity index (χ0v) is 16.4. The van der Waals surface area contributed by atoms with E-state index >= 15 is 0 Å². The summed E-state index contributed by atoms with van der Waals surface area (Å²) in [7, 11) is 1.36. The lowest BCUT2D eigenvalue weighted by Crippen LogP contribution is -2.30. The van der Waals surface area contributed by atoms with Crippen molar-refractivity contribution in [2.75, 3.05) is 24.7 Å². The van der Waals surface area contributed by atoms with E-state index < -0.39 is 0 Å². The number of carbonyl (C=O) groups excluding carboxylic acids is 1. The second-order valence-corrected chi connectivity index (χ2v) is 7.22. The molecule has 0 amide bonds. The third kappa shape index (κ3) is 6.23. The van der Waals surface area contributed by atoms with Crippen molar-refractivity contribution in [3.8, 4) is 0 Å². The molecule has 0 aliphatic rings. The molecule has 2 N–H and O–H groups in total. The number of esters is 1. The molecule has 0 saturated carbocycles. The smallest absolute Gasteiger partial charge is 0.337 e. The molecule has 0 radical (unpaired) electrons. The van der Waals surface area contributed by atoms with Gasteiger partial charge in [-0.1, -0.05) is 17.7 Å². The topological polar surface area (TPSA) is 50.4 Å². The van der Waals surface area contributed by atoms with E-state index in [1.54, 1.807) is 23.9 Å². The van der Waals surface area contributed by atoms with Crippen molar-refractivity contribution in [2.45, 2.75) is 11.8 Å². The SMILES string of the molecule is COC(=O)c1ccc(C)c(NC(=S)NCCSc2ccc(Cl)cc2)c1. The monoisotopic (exact) mass is 394 g/mol. The molecule has 2 rings (SSSR count). The number of thiocarbonyl (C=S) groups is 1. The molecule has 0 atom stereocenters. The number of hydrogen-bond acceptors (Lipinski definition) is 4. The molecule has 0 aliphatic heterocycles. The fourth-order valence-corrected chi connectivity index (χ4v) is 3.14. The number of anilines is 1. The number of benzene rings is 2. The van der Waals surface area contributed by atoms with Crippen LogP contribution in [0.2, 0.25) is 5.02 Å². The Morgan fingerprint density at radius 2 is 1.96 bits per heavy atom. The normalized spacial score (nSPS) is 10.2. The molecule has 0 unspecified atom stereocenters. The Bertz CT molecular complexity index is 751. The molecule has 0 aliphatic carbocycles. The number of methoxy groups -OCH3 is 1. The van der Waals surface area contributed by atoms with Gasteiger partial charge in [-0.05, 0) is 61.1 Å². The highest BCUT2D eigenvalue weighted by Crippen LogP contribution is 2.20. The van der Waals surface area contributed by atoms with Crippen molar-refractivity contribution in [1.82, 2.24) is 5.32 Å². The molecule has 0 fully saturated rings. The molecule has 0 aromatic heterocycles. The number of carbonyl (C=O) groups is 1. The summed E-state index contributed by atoms with van der Waals surface area (Å²) in [6.45, 7) is 2.66. The first kappa shape index (κ1) is 19.6. The molecule has 4 nitrogen and oxygen atoms in total. The van der Waals surface area contributed by atoms with Gasteiger partial charge in [0, 0.05) is 27.9 Å². The maximum Gasteiger partial charge on any atom is 0.337 e. The van der Waals surface area contributed by atoms with Crippen molar-refractivity contribution < 1.29 is 9.53 Å². The molecule has 0 bridgehead atoms. The molecular weight excluding hydrogens is 376 g/mol. The minimum atomic E-state index is -0.374. The number of ether oxygens (including phenoxy) is 1. The van der Waals surface area contributed by atoms with Crippen LogP contribution in [0.15, 0.2) is 47.4 Å². The summed E-state index contributed by atoms with van der Waals surface area (Å²) in [6.07, 6.45) is 0. The minimum Gasteiger partial charge on any atom is -0.465 e. The van der Waals surface area contributed by atoms with Gasteiger partial charge >= 0.3 is 5.97 Å². The Morgan fingerprint density at radius 3 is 2.64 bits per heavy atom. The van der Waals surface area contributed by atoms with Gasteiger partial charge in [-0.15, -0.1) is 11.8 Å². The summed E-state index contributed by atoms with van der Waals surface area (Å²) in [5.41, 5.74) is 2.26. The number of hydrogen-bond donors (Lipinski definition) is 2. The average Bonchev–Trinajstić information content (AvgIpc) is 2.61. The molecule has 25 heavy (non-hydrogen) atoms. The van der Waals surface area contributed by atoms with Crippen LogP contribution in [-0.4, -0.2) is 30.5 Å². The van der Waals surface area contributed by atoms with Gasteiger partial charge in [-0.2, -0.15) is 0 Å². The van der Waals surface area contributed by atoms with Crippen LogP contribution < -0.4 is 10.6 Å². The van der Waals surface area contributed by atoms with Gasteiger partial charge in [-0.3, -0.25) is 0 Å². The van der Waals surface area contributed by atoms with Crippen LogP contribution in [0.25, 0.3) is 0 Å². The fraction of sp³-hybridized carbons (Fsp3) is 0.222. The summed E-state index contributed by atoms with van der Waals surface area (Å²) in [4.78, 5) is 12.8. The first-order valence-electron chi connectivity index (χ1n) is 7.62. The van der Waals surface area contributed by atoms with Gasteiger partial charge in [0.2, 0.25) is 0 Å². The van der Waals surface area contributed by atoms with Crippen LogP contribution in [0, 0.1) is 6.92 Å². The first-order chi connectivity index (χ1) is 12.0. The van der Waals surface area contributed by atoms with Gasteiger partial charge in [-0.25, -0.2) is 4.79 Å². The third-order valence-corrected chi connectivity index (χ3v) is 4.89. The number of nitrogens with one attached hydrogen (secondary N) is 2. The van der Waals surface area contributed by atoms with Gasteiger partial charge in [0.25, 0.3) is 0 Å². The van der Waals surface area contributed by atoms with Crippen molar-refractivity contribution in [3.05, 3.63) is 58.6 Å². The quantitative estimate of drug-likeness (QED) is 0.325. The van der Waals surface area contributed by atoms with Gasteiger partial charge in [0.05, 0.1) is 12.7 Å².